The van der Waals surface area contributed by atoms with Crippen molar-refractivity contribution in [1.82, 2.24) is 10.6 Å². The van der Waals surface area contributed by atoms with Crippen LogP contribution in [0.2, 0.25) is 0 Å². The molecule has 0 atom stereocenters. The van der Waals surface area contributed by atoms with Crippen molar-refractivity contribution in [3.63, 3.8) is 0 Å². The molecule has 0 aliphatic heterocycles. The quantitative estimate of drug-likeness (QED) is 0.635. The molecule has 96 valence electrons. The van der Waals surface area contributed by atoms with Crippen LogP contribution in [0.1, 0.15) is 32.6 Å². The Balaban J connectivity index is 3.32. The van der Waals surface area contributed by atoms with Crippen molar-refractivity contribution in [2.24, 2.45) is 0 Å². The molecule has 0 radical (unpaired) electrons. The number of rotatable bonds is 8. The molecule has 2 N–H and O–H groups in total. The molecule has 1 amide bonds. The average Bonchev–Trinajstić information content (AvgIpc) is 2.15. The van der Waals surface area contributed by atoms with Gasteiger partial charge in [-0.05, 0) is 6.42 Å². The summed E-state index contributed by atoms with van der Waals surface area (Å²) in [7, 11) is 0. The second-order valence-electron chi connectivity index (χ2n) is 3.63. The summed E-state index contributed by atoms with van der Waals surface area (Å²) in [6.07, 6.45) is -0.129. The van der Waals surface area contributed by atoms with E-state index in [0.717, 1.165) is 25.7 Å². The molecule has 0 saturated heterocycles. The smallest absolute Gasteiger partial charge is 0.355 e. The van der Waals surface area contributed by atoms with Gasteiger partial charge in [-0.15, -0.1) is 0 Å². The standard InChI is InChI=1S/C10H19F3N2O/c1-2-3-4-5-6-15-9(16)7-14-8-10(11,12)13/h14H,2-8H2,1H3,(H,15,16). The first-order chi connectivity index (χ1) is 7.45. The van der Waals surface area contributed by atoms with Crippen molar-refractivity contribution in [3.8, 4) is 0 Å². The molecule has 0 heterocycles. The maximum absolute atomic E-state index is 11.7. The summed E-state index contributed by atoms with van der Waals surface area (Å²) in [5, 5.41) is 4.60. The van der Waals surface area contributed by atoms with E-state index in [0.29, 0.717) is 6.54 Å². The van der Waals surface area contributed by atoms with Gasteiger partial charge in [-0.25, -0.2) is 0 Å². The molecule has 0 aromatic rings. The number of unbranched alkanes of at least 4 members (excludes halogenated alkanes) is 3. The molecule has 16 heavy (non-hydrogen) atoms. The van der Waals surface area contributed by atoms with Crippen molar-refractivity contribution < 1.29 is 18.0 Å². The van der Waals surface area contributed by atoms with Crippen molar-refractivity contribution in [2.45, 2.75) is 38.8 Å². The van der Waals surface area contributed by atoms with E-state index in [-0.39, 0.29) is 12.5 Å². The maximum atomic E-state index is 11.7. The Morgan fingerprint density at radius 2 is 1.88 bits per heavy atom. The van der Waals surface area contributed by atoms with Crippen LogP contribution in [0, 0.1) is 0 Å². The highest BCUT2D eigenvalue weighted by Crippen LogP contribution is 2.11. The minimum Gasteiger partial charge on any atom is -0.355 e. The zero-order valence-electron chi connectivity index (χ0n) is 9.49. The predicted molar refractivity (Wildman–Crippen MR) is 56.1 cm³/mol. The van der Waals surface area contributed by atoms with E-state index >= 15 is 0 Å². The maximum Gasteiger partial charge on any atom is 0.401 e. The SMILES string of the molecule is CCCCCCNC(=O)CNCC(F)(F)F. The number of alkyl halides is 3. The summed E-state index contributed by atoms with van der Waals surface area (Å²) in [4.78, 5) is 11.0. The Labute approximate surface area is 93.8 Å². The van der Waals surface area contributed by atoms with E-state index in [2.05, 4.69) is 12.2 Å². The van der Waals surface area contributed by atoms with Gasteiger partial charge >= 0.3 is 6.18 Å². The molecule has 3 nitrogen and oxygen atoms in total. The average molecular weight is 240 g/mol. The first kappa shape index (κ1) is 15.2. The van der Waals surface area contributed by atoms with Crippen LogP contribution in [0.25, 0.3) is 0 Å². The van der Waals surface area contributed by atoms with Gasteiger partial charge in [-0.3, -0.25) is 4.79 Å². The molecule has 0 bridgehead atoms. The summed E-state index contributed by atoms with van der Waals surface area (Å²) in [5.74, 6) is -0.388. The van der Waals surface area contributed by atoms with E-state index in [1.54, 1.807) is 0 Å². The van der Waals surface area contributed by atoms with E-state index < -0.39 is 12.7 Å². The Kier molecular flexibility index (Phi) is 7.97. The molecule has 0 unspecified atom stereocenters. The summed E-state index contributed by atoms with van der Waals surface area (Å²) in [5.41, 5.74) is 0. The second-order valence-corrected chi connectivity index (χ2v) is 3.63. The Morgan fingerprint density at radius 1 is 1.19 bits per heavy atom. The molecular weight excluding hydrogens is 221 g/mol. The number of halogens is 3. The lowest BCUT2D eigenvalue weighted by Crippen LogP contribution is -2.38. The van der Waals surface area contributed by atoms with Gasteiger partial charge in [0.25, 0.3) is 0 Å². The van der Waals surface area contributed by atoms with Gasteiger partial charge in [0, 0.05) is 6.54 Å². The normalized spacial score (nSPS) is 11.5. The van der Waals surface area contributed by atoms with Gasteiger partial charge < -0.3 is 10.6 Å². The van der Waals surface area contributed by atoms with Crippen LogP contribution < -0.4 is 10.6 Å². The summed E-state index contributed by atoms with van der Waals surface area (Å²) in [6, 6.07) is 0. The molecule has 0 aliphatic rings. The molecule has 0 aliphatic carbocycles. The van der Waals surface area contributed by atoms with Crippen molar-refractivity contribution in [1.29, 1.82) is 0 Å². The van der Waals surface area contributed by atoms with Gasteiger partial charge in [-0.2, -0.15) is 13.2 Å². The fourth-order valence-corrected chi connectivity index (χ4v) is 1.16. The second kappa shape index (κ2) is 8.38. The van der Waals surface area contributed by atoms with Gasteiger partial charge in [-0.1, -0.05) is 26.2 Å². The Bertz CT molecular complexity index is 195. The zero-order valence-corrected chi connectivity index (χ0v) is 9.49. The van der Waals surface area contributed by atoms with Crippen LogP contribution in [0.4, 0.5) is 13.2 Å². The molecule has 0 spiro atoms. The van der Waals surface area contributed by atoms with Crippen molar-refractivity contribution in [2.75, 3.05) is 19.6 Å². The molecule has 6 heteroatoms. The summed E-state index contributed by atoms with van der Waals surface area (Å²) >= 11 is 0. The largest absolute Gasteiger partial charge is 0.401 e. The molecule has 0 saturated carbocycles. The monoisotopic (exact) mass is 240 g/mol. The number of hydrogen-bond donors (Lipinski definition) is 2. The van der Waals surface area contributed by atoms with Crippen LogP contribution >= 0.6 is 0 Å². The van der Waals surface area contributed by atoms with Crippen LogP contribution in [-0.4, -0.2) is 31.7 Å². The molecule has 0 aromatic carbocycles. The van der Waals surface area contributed by atoms with Gasteiger partial charge in [0.2, 0.25) is 5.91 Å². The number of hydrogen-bond acceptors (Lipinski definition) is 2. The fraction of sp³-hybridized carbons (Fsp3) is 0.900. The zero-order chi connectivity index (χ0) is 12.4. The van der Waals surface area contributed by atoms with E-state index in [9.17, 15) is 18.0 Å². The number of carbonyl (C=O) groups is 1. The topological polar surface area (TPSA) is 41.1 Å². The first-order valence-electron chi connectivity index (χ1n) is 5.50. The van der Waals surface area contributed by atoms with Gasteiger partial charge in [0.05, 0.1) is 13.1 Å². The van der Waals surface area contributed by atoms with Crippen LogP contribution in [0.3, 0.4) is 0 Å². The van der Waals surface area contributed by atoms with Crippen LogP contribution in [0.15, 0.2) is 0 Å². The van der Waals surface area contributed by atoms with Crippen LogP contribution in [0.5, 0.6) is 0 Å². The number of amides is 1. The highest BCUT2D eigenvalue weighted by molar-refractivity contribution is 5.77. The highest BCUT2D eigenvalue weighted by Gasteiger charge is 2.26. The third-order valence-corrected chi connectivity index (χ3v) is 1.96. The summed E-state index contributed by atoms with van der Waals surface area (Å²) < 4.78 is 35.1. The molecular formula is C10H19F3N2O. The van der Waals surface area contributed by atoms with E-state index in [4.69, 9.17) is 0 Å². The van der Waals surface area contributed by atoms with Crippen molar-refractivity contribution in [3.05, 3.63) is 0 Å². The molecule has 0 aromatic heterocycles. The lowest BCUT2D eigenvalue weighted by Gasteiger charge is -2.08. The lowest BCUT2D eigenvalue weighted by atomic mass is 10.2. The fourth-order valence-electron chi connectivity index (χ4n) is 1.16. The van der Waals surface area contributed by atoms with E-state index in [1.807, 2.05) is 5.32 Å². The minimum absolute atomic E-state index is 0.284. The summed E-state index contributed by atoms with van der Waals surface area (Å²) in [6.45, 7) is 1.20. The van der Waals surface area contributed by atoms with Gasteiger partial charge in [0.15, 0.2) is 0 Å². The van der Waals surface area contributed by atoms with Crippen LogP contribution in [-0.2, 0) is 4.79 Å². The van der Waals surface area contributed by atoms with Gasteiger partial charge in [0.1, 0.15) is 0 Å². The first-order valence-corrected chi connectivity index (χ1v) is 5.50. The molecule has 0 fully saturated rings. The third-order valence-electron chi connectivity index (χ3n) is 1.96. The Morgan fingerprint density at radius 3 is 2.44 bits per heavy atom. The highest BCUT2D eigenvalue weighted by atomic mass is 19.4. The third kappa shape index (κ3) is 11.3. The predicted octanol–water partition coefficient (Wildman–Crippen LogP) is 1.83. The van der Waals surface area contributed by atoms with E-state index in [1.165, 1.54) is 0 Å². The Hall–Kier alpha value is -0.780. The van der Waals surface area contributed by atoms with Crippen molar-refractivity contribution >= 4 is 5.91 Å². The lowest BCUT2D eigenvalue weighted by molar-refractivity contribution is -0.128. The number of carbonyl (C=O) groups excluding carboxylic acids is 1. The minimum atomic E-state index is -4.26. The molecule has 0 rings (SSSR count). The number of nitrogens with one attached hydrogen (secondary N) is 2.